The third kappa shape index (κ3) is 4.39. The monoisotopic (exact) mass is 384 g/mol. The van der Waals surface area contributed by atoms with Gasteiger partial charge in [0.25, 0.3) is 5.91 Å². The molecule has 0 aliphatic rings. The molecule has 0 fully saturated rings. The quantitative estimate of drug-likeness (QED) is 0.829. The van der Waals surface area contributed by atoms with Gasteiger partial charge in [-0.15, -0.1) is 0 Å². The summed E-state index contributed by atoms with van der Waals surface area (Å²) in [5, 5.41) is 7.07. The second-order valence-electron chi connectivity index (χ2n) is 6.18. The average Bonchev–Trinajstić information content (AvgIpc) is 2.93. The zero-order valence-electron chi connectivity index (χ0n) is 14.5. The molecule has 1 N–H and O–H groups in total. The van der Waals surface area contributed by atoms with E-state index in [2.05, 4.69) is 10.4 Å². The highest BCUT2D eigenvalue weighted by Gasteiger charge is 2.21. The lowest BCUT2D eigenvalue weighted by Crippen LogP contribution is -2.23. The van der Waals surface area contributed by atoms with E-state index in [0.717, 1.165) is 4.31 Å². The van der Waals surface area contributed by atoms with Crippen LogP contribution in [0.5, 0.6) is 0 Å². The first-order chi connectivity index (χ1) is 11.6. The highest BCUT2D eigenvalue weighted by molar-refractivity contribution is 7.89. The van der Waals surface area contributed by atoms with E-state index in [-0.39, 0.29) is 15.5 Å². The van der Waals surface area contributed by atoms with Gasteiger partial charge in [0.05, 0.1) is 21.7 Å². The second-order valence-corrected chi connectivity index (χ2v) is 8.73. The van der Waals surface area contributed by atoms with E-state index in [4.69, 9.17) is 11.6 Å². The van der Waals surface area contributed by atoms with Crippen LogP contribution in [0.2, 0.25) is 5.02 Å². The van der Waals surface area contributed by atoms with E-state index >= 15 is 0 Å². The number of hydrogen-bond donors (Lipinski definition) is 1. The van der Waals surface area contributed by atoms with Crippen molar-refractivity contribution in [1.29, 1.82) is 0 Å². The number of hydrogen-bond acceptors (Lipinski definition) is 4. The first-order valence-electron chi connectivity index (χ1n) is 7.68. The maximum Gasteiger partial charge on any atom is 0.258 e. The van der Waals surface area contributed by atoms with Crippen molar-refractivity contribution in [2.24, 2.45) is 5.92 Å². The zero-order chi connectivity index (χ0) is 18.8. The third-order valence-electron chi connectivity index (χ3n) is 3.46. The third-order valence-corrected chi connectivity index (χ3v) is 5.60. The Morgan fingerprint density at radius 2 is 2.00 bits per heavy atom. The van der Waals surface area contributed by atoms with Gasteiger partial charge in [-0.2, -0.15) is 5.10 Å². The highest BCUT2D eigenvalue weighted by atomic mass is 35.5. The molecule has 0 unspecified atom stereocenters. The van der Waals surface area contributed by atoms with Crippen LogP contribution in [0.4, 0.5) is 5.82 Å². The number of carbonyl (C=O) groups excluding carboxylic acids is 1. The number of nitrogens with one attached hydrogen (secondary N) is 1. The molecule has 1 aromatic carbocycles. The number of rotatable bonds is 6. The average molecular weight is 385 g/mol. The number of benzene rings is 1. The Morgan fingerprint density at radius 3 is 2.60 bits per heavy atom. The van der Waals surface area contributed by atoms with Crippen LogP contribution < -0.4 is 5.32 Å². The van der Waals surface area contributed by atoms with E-state index in [0.29, 0.717) is 18.3 Å². The normalized spacial score (nSPS) is 12.0. The van der Waals surface area contributed by atoms with E-state index in [1.54, 1.807) is 16.9 Å². The summed E-state index contributed by atoms with van der Waals surface area (Å²) in [5.74, 6) is 0.384. The predicted molar refractivity (Wildman–Crippen MR) is 97.3 cm³/mol. The van der Waals surface area contributed by atoms with Gasteiger partial charge in [-0.1, -0.05) is 25.4 Å². The SMILES string of the molecule is CC(C)Cn1nccc1NC(=O)c1cc(S(=O)(=O)N(C)C)ccc1Cl. The van der Waals surface area contributed by atoms with Crippen LogP contribution in [0.25, 0.3) is 0 Å². The number of sulfonamides is 1. The van der Waals surface area contributed by atoms with Gasteiger partial charge in [0.1, 0.15) is 5.82 Å². The van der Waals surface area contributed by atoms with Gasteiger partial charge in [-0.05, 0) is 24.1 Å². The van der Waals surface area contributed by atoms with Crippen molar-refractivity contribution < 1.29 is 13.2 Å². The fourth-order valence-electron chi connectivity index (χ4n) is 2.16. The Kier molecular flexibility index (Phi) is 5.87. The lowest BCUT2D eigenvalue weighted by atomic mass is 10.2. The molecule has 0 spiro atoms. The Balaban J connectivity index is 2.33. The fraction of sp³-hybridized carbons (Fsp3) is 0.375. The van der Waals surface area contributed by atoms with Gasteiger partial charge in [0.2, 0.25) is 10.0 Å². The van der Waals surface area contributed by atoms with Gasteiger partial charge < -0.3 is 5.32 Å². The van der Waals surface area contributed by atoms with Crippen LogP contribution in [0.15, 0.2) is 35.4 Å². The lowest BCUT2D eigenvalue weighted by Gasteiger charge is -2.14. The predicted octanol–water partition coefficient (Wildman–Crippen LogP) is 2.70. The molecule has 0 bridgehead atoms. The molecule has 1 heterocycles. The summed E-state index contributed by atoms with van der Waals surface area (Å²) < 4.78 is 27.3. The first kappa shape index (κ1) is 19.4. The standard InChI is InChI=1S/C16H21ClN4O3S/c1-11(2)10-21-15(7-8-18-21)19-16(22)13-9-12(5-6-14(13)17)25(23,24)20(3)4/h5-9,11H,10H2,1-4H3,(H,19,22). The largest absolute Gasteiger partial charge is 0.307 e. The number of halogens is 1. The second kappa shape index (κ2) is 7.55. The van der Waals surface area contributed by atoms with E-state index in [9.17, 15) is 13.2 Å². The molecule has 0 aliphatic heterocycles. The van der Waals surface area contributed by atoms with E-state index < -0.39 is 15.9 Å². The minimum Gasteiger partial charge on any atom is -0.307 e. The summed E-state index contributed by atoms with van der Waals surface area (Å²) in [5.41, 5.74) is 0.0851. The fourth-order valence-corrected chi connectivity index (χ4v) is 3.30. The molecule has 1 aromatic heterocycles. The van der Waals surface area contributed by atoms with Crippen molar-refractivity contribution in [3.8, 4) is 0 Å². The smallest absolute Gasteiger partial charge is 0.258 e. The molecule has 7 nitrogen and oxygen atoms in total. The molecule has 1 amide bonds. The molecule has 2 aromatic rings. The Morgan fingerprint density at radius 1 is 1.32 bits per heavy atom. The van der Waals surface area contributed by atoms with Gasteiger partial charge >= 0.3 is 0 Å². The first-order valence-corrected chi connectivity index (χ1v) is 9.50. The van der Waals surface area contributed by atoms with E-state index in [1.165, 1.54) is 32.3 Å². The molecule has 136 valence electrons. The molecular formula is C16H21ClN4O3S. The molecule has 0 atom stereocenters. The number of aromatic nitrogens is 2. The molecule has 0 saturated carbocycles. The van der Waals surface area contributed by atoms with Crippen molar-refractivity contribution in [2.45, 2.75) is 25.3 Å². The van der Waals surface area contributed by atoms with Gasteiger partial charge in [0, 0.05) is 26.7 Å². The van der Waals surface area contributed by atoms with Crippen molar-refractivity contribution in [3.05, 3.63) is 41.0 Å². The van der Waals surface area contributed by atoms with Crippen molar-refractivity contribution in [1.82, 2.24) is 14.1 Å². The van der Waals surface area contributed by atoms with Crippen molar-refractivity contribution in [3.63, 3.8) is 0 Å². The molecule has 0 aliphatic carbocycles. The summed E-state index contributed by atoms with van der Waals surface area (Å²) in [7, 11) is -0.809. The topological polar surface area (TPSA) is 84.3 Å². The summed E-state index contributed by atoms with van der Waals surface area (Å²) in [4.78, 5) is 12.6. The van der Waals surface area contributed by atoms with Crippen LogP contribution >= 0.6 is 11.6 Å². The number of amides is 1. The summed E-state index contributed by atoms with van der Waals surface area (Å²) >= 11 is 6.09. The Hall–Kier alpha value is -1.90. The summed E-state index contributed by atoms with van der Waals surface area (Å²) in [6.45, 7) is 4.73. The van der Waals surface area contributed by atoms with Gasteiger partial charge in [-0.3, -0.25) is 4.79 Å². The van der Waals surface area contributed by atoms with Gasteiger partial charge in [-0.25, -0.2) is 17.4 Å². The van der Waals surface area contributed by atoms with Crippen LogP contribution in [0.1, 0.15) is 24.2 Å². The van der Waals surface area contributed by atoms with Crippen LogP contribution in [0, 0.1) is 5.92 Å². The minimum absolute atomic E-state index is 0.00254. The molecular weight excluding hydrogens is 364 g/mol. The number of nitrogens with zero attached hydrogens (tertiary/aromatic N) is 3. The molecule has 2 rings (SSSR count). The molecule has 25 heavy (non-hydrogen) atoms. The molecule has 0 saturated heterocycles. The molecule has 9 heteroatoms. The maximum atomic E-state index is 12.6. The van der Waals surface area contributed by atoms with Gasteiger partial charge in [0.15, 0.2) is 0 Å². The van der Waals surface area contributed by atoms with Crippen LogP contribution in [0.3, 0.4) is 0 Å². The number of anilines is 1. The lowest BCUT2D eigenvalue weighted by molar-refractivity contribution is 0.102. The van der Waals surface area contributed by atoms with Crippen molar-refractivity contribution >= 4 is 33.3 Å². The van der Waals surface area contributed by atoms with Crippen molar-refractivity contribution in [2.75, 3.05) is 19.4 Å². The number of carbonyl (C=O) groups is 1. The van der Waals surface area contributed by atoms with E-state index in [1.807, 2.05) is 13.8 Å². The van der Waals surface area contributed by atoms with Crippen LogP contribution in [-0.4, -0.2) is 42.5 Å². The van der Waals surface area contributed by atoms with Crippen LogP contribution in [-0.2, 0) is 16.6 Å². The maximum absolute atomic E-state index is 12.6. The summed E-state index contributed by atoms with van der Waals surface area (Å²) in [6, 6.07) is 5.72. The highest BCUT2D eigenvalue weighted by Crippen LogP contribution is 2.23. The Bertz CT molecular complexity index is 875. The zero-order valence-corrected chi connectivity index (χ0v) is 16.1. The minimum atomic E-state index is -3.66. The molecule has 0 radical (unpaired) electrons. The summed E-state index contributed by atoms with van der Waals surface area (Å²) in [6.07, 6.45) is 1.59. The Labute approximate surface area is 152 Å².